The van der Waals surface area contributed by atoms with Crippen LogP contribution >= 0.6 is 0 Å². The smallest absolute Gasteiger partial charge is 0.475 e. The van der Waals surface area contributed by atoms with Gasteiger partial charge in [0.15, 0.2) is 0 Å². The number of rotatable bonds is 2. The van der Waals surface area contributed by atoms with E-state index in [4.69, 9.17) is 9.90 Å². The van der Waals surface area contributed by atoms with Gasteiger partial charge in [-0.05, 0) is 24.6 Å². The maximum Gasteiger partial charge on any atom is 0.573 e. The topological polar surface area (TPSA) is 58.6 Å². The summed E-state index contributed by atoms with van der Waals surface area (Å²) in [5, 5.41) is 10.3. The molecule has 0 bridgehead atoms. The van der Waals surface area contributed by atoms with Crippen LogP contribution in [0.25, 0.3) is 0 Å². The van der Waals surface area contributed by atoms with Gasteiger partial charge in [-0.25, -0.2) is 4.79 Å². The van der Waals surface area contributed by atoms with Crippen molar-refractivity contribution < 1.29 is 41.0 Å². The molecule has 2 unspecified atom stereocenters. The molecule has 23 heavy (non-hydrogen) atoms. The minimum absolute atomic E-state index is 0.170. The Morgan fingerprint density at radius 3 is 1.91 bits per heavy atom. The van der Waals surface area contributed by atoms with Crippen LogP contribution in [0.4, 0.5) is 26.3 Å². The monoisotopic (exact) mass is 345 g/mol. The first-order chi connectivity index (χ1) is 10.4. The second kappa shape index (κ2) is 7.07. The molecule has 0 radical (unpaired) electrons. The summed E-state index contributed by atoms with van der Waals surface area (Å²) in [5.74, 6) is -2.54. The van der Waals surface area contributed by atoms with Crippen molar-refractivity contribution in [2.24, 2.45) is 0 Å². The van der Waals surface area contributed by atoms with Gasteiger partial charge < -0.3 is 15.2 Å². The molecule has 1 aromatic carbocycles. The molecule has 0 aliphatic carbocycles. The Bertz CT molecular complexity index is 526. The van der Waals surface area contributed by atoms with Gasteiger partial charge in [0.2, 0.25) is 0 Å². The largest absolute Gasteiger partial charge is 0.573 e. The van der Waals surface area contributed by atoms with Crippen molar-refractivity contribution in [3.05, 3.63) is 29.8 Å². The summed E-state index contributed by atoms with van der Waals surface area (Å²) in [7, 11) is 0. The predicted molar refractivity (Wildman–Crippen MR) is 67.0 cm³/mol. The van der Waals surface area contributed by atoms with Gasteiger partial charge in [-0.15, -0.1) is 13.2 Å². The number of halogens is 6. The Labute approximate surface area is 127 Å². The first-order valence-corrected chi connectivity index (χ1v) is 6.29. The molecule has 1 aliphatic rings. The number of aliphatic carboxylic acids is 1. The molecule has 1 heterocycles. The van der Waals surface area contributed by atoms with Gasteiger partial charge in [-0.2, -0.15) is 13.2 Å². The van der Waals surface area contributed by atoms with Crippen molar-refractivity contribution in [1.29, 1.82) is 0 Å². The molecule has 2 N–H and O–H groups in total. The minimum Gasteiger partial charge on any atom is -0.475 e. The lowest BCUT2D eigenvalue weighted by Crippen LogP contribution is -2.48. The number of alkyl halides is 6. The summed E-state index contributed by atoms with van der Waals surface area (Å²) in [6, 6.07) is 6.46. The van der Waals surface area contributed by atoms with Crippen LogP contribution in [0, 0.1) is 0 Å². The molecule has 0 saturated carbocycles. The van der Waals surface area contributed by atoms with Crippen molar-refractivity contribution in [3.8, 4) is 5.75 Å². The first-order valence-electron chi connectivity index (χ1n) is 6.29. The fourth-order valence-electron chi connectivity index (χ4n) is 1.79. The Morgan fingerprint density at radius 1 is 1.17 bits per heavy atom. The summed E-state index contributed by atoms with van der Waals surface area (Å²) in [4.78, 5) is 8.90. The van der Waals surface area contributed by atoms with Crippen LogP contribution in [-0.4, -0.2) is 36.2 Å². The molecule has 0 aromatic heterocycles. The Morgan fingerprint density at radius 2 is 1.65 bits per heavy atom. The van der Waals surface area contributed by atoms with Gasteiger partial charge in [-0.3, -0.25) is 0 Å². The molecule has 4 nitrogen and oxygen atoms in total. The second-order valence-electron chi connectivity index (χ2n) is 4.72. The van der Waals surface area contributed by atoms with E-state index in [2.05, 4.69) is 10.1 Å². The molecule has 2 atom stereocenters. The lowest BCUT2D eigenvalue weighted by atomic mass is 9.86. The highest BCUT2D eigenvalue weighted by atomic mass is 19.4. The molecule has 1 aromatic rings. The van der Waals surface area contributed by atoms with Crippen molar-refractivity contribution in [2.45, 2.75) is 31.4 Å². The molecule has 2 rings (SSSR count). The molecule has 1 saturated heterocycles. The van der Waals surface area contributed by atoms with Crippen LogP contribution in [0.2, 0.25) is 0 Å². The summed E-state index contributed by atoms with van der Waals surface area (Å²) < 4.78 is 71.3. The van der Waals surface area contributed by atoms with E-state index in [1.807, 2.05) is 6.92 Å². The average molecular weight is 345 g/mol. The fraction of sp³-hybridized carbons (Fsp3) is 0.462. The van der Waals surface area contributed by atoms with Gasteiger partial charge >= 0.3 is 18.5 Å². The zero-order valence-corrected chi connectivity index (χ0v) is 11.7. The van der Waals surface area contributed by atoms with Gasteiger partial charge in [0.25, 0.3) is 0 Å². The normalized spacial score (nSPS) is 20.8. The van der Waals surface area contributed by atoms with E-state index in [1.165, 1.54) is 12.1 Å². The number of ether oxygens (including phenoxy) is 1. The number of nitrogens with one attached hydrogen (secondary N) is 1. The van der Waals surface area contributed by atoms with E-state index in [0.29, 0.717) is 12.0 Å². The lowest BCUT2D eigenvalue weighted by molar-refractivity contribution is -0.274. The summed E-state index contributed by atoms with van der Waals surface area (Å²) >= 11 is 0. The first kappa shape index (κ1) is 19.1. The van der Waals surface area contributed by atoms with E-state index >= 15 is 0 Å². The molecular weight excluding hydrogens is 332 g/mol. The highest BCUT2D eigenvalue weighted by Crippen LogP contribution is 2.29. The minimum atomic E-state index is -5.08. The Kier molecular flexibility index (Phi) is 5.86. The lowest BCUT2D eigenvalue weighted by Gasteiger charge is -2.35. The van der Waals surface area contributed by atoms with E-state index in [9.17, 15) is 26.3 Å². The third-order valence-electron chi connectivity index (χ3n) is 3.05. The number of carboxylic acid groups (broad SMARTS) is 1. The second-order valence-corrected chi connectivity index (χ2v) is 4.72. The molecule has 1 aliphatic heterocycles. The summed E-state index contributed by atoms with van der Waals surface area (Å²) in [6.45, 7) is 2.93. The SMILES string of the molecule is CC1NCC1c1ccc(OC(F)(F)F)cc1.O=C(O)C(F)(F)F. The van der Waals surface area contributed by atoms with E-state index in [1.54, 1.807) is 12.1 Å². The fourth-order valence-corrected chi connectivity index (χ4v) is 1.79. The summed E-state index contributed by atoms with van der Waals surface area (Å²) in [5.41, 5.74) is 1.04. The zero-order valence-electron chi connectivity index (χ0n) is 11.7. The van der Waals surface area contributed by atoms with Gasteiger partial charge in [0.05, 0.1) is 0 Å². The van der Waals surface area contributed by atoms with Gasteiger partial charge in [-0.1, -0.05) is 12.1 Å². The van der Waals surface area contributed by atoms with Gasteiger partial charge in [0.1, 0.15) is 5.75 Å². The Balaban J connectivity index is 0.000000322. The quantitative estimate of drug-likeness (QED) is 0.808. The molecule has 0 spiro atoms. The summed E-state index contributed by atoms with van der Waals surface area (Å²) in [6.07, 6.45) is -9.70. The van der Waals surface area contributed by atoms with Gasteiger partial charge in [0, 0.05) is 18.5 Å². The van der Waals surface area contributed by atoms with Crippen LogP contribution in [0.5, 0.6) is 5.75 Å². The molecule has 0 amide bonds. The zero-order chi connectivity index (χ0) is 17.8. The highest BCUT2D eigenvalue weighted by Gasteiger charge is 2.38. The third kappa shape index (κ3) is 6.35. The van der Waals surface area contributed by atoms with Crippen LogP contribution in [-0.2, 0) is 4.79 Å². The number of carboxylic acids is 1. The average Bonchev–Trinajstić information content (AvgIpc) is 2.37. The molecule has 10 heteroatoms. The van der Waals surface area contributed by atoms with E-state index in [0.717, 1.165) is 12.1 Å². The van der Waals surface area contributed by atoms with E-state index in [-0.39, 0.29) is 5.75 Å². The van der Waals surface area contributed by atoms with Crippen LogP contribution in [0.15, 0.2) is 24.3 Å². The van der Waals surface area contributed by atoms with Crippen molar-refractivity contribution >= 4 is 5.97 Å². The molecule has 130 valence electrons. The van der Waals surface area contributed by atoms with Crippen LogP contribution in [0.3, 0.4) is 0 Å². The van der Waals surface area contributed by atoms with Crippen molar-refractivity contribution in [2.75, 3.05) is 6.54 Å². The maximum absolute atomic E-state index is 11.9. The van der Waals surface area contributed by atoms with Crippen molar-refractivity contribution in [3.63, 3.8) is 0 Å². The maximum atomic E-state index is 11.9. The number of carbonyl (C=O) groups is 1. The van der Waals surface area contributed by atoms with E-state index < -0.39 is 18.5 Å². The van der Waals surface area contributed by atoms with Crippen LogP contribution in [0.1, 0.15) is 18.4 Å². The molecule has 1 fully saturated rings. The highest BCUT2D eigenvalue weighted by molar-refractivity contribution is 5.73. The number of hydrogen-bond acceptors (Lipinski definition) is 3. The number of hydrogen-bond donors (Lipinski definition) is 2. The molecular formula is C13H13F6NO3. The number of benzene rings is 1. The standard InChI is InChI=1S/C11H12F3NO.C2HF3O2/c1-7-10(6-15-7)8-2-4-9(5-3-8)16-11(12,13)14;3-2(4,5)1(6)7/h2-5,7,10,15H,6H2,1H3;(H,6,7). The van der Waals surface area contributed by atoms with Crippen LogP contribution < -0.4 is 10.1 Å². The third-order valence-corrected chi connectivity index (χ3v) is 3.05. The predicted octanol–water partition coefficient (Wildman–Crippen LogP) is 3.29. The van der Waals surface area contributed by atoms with Crippen molar-refractivity contribution in [1.82, 2.24) is 5.32 Å². The Hall–Kier alpha value is -1.97.